The minimum absolute atomic E-state index is 0.599. The monoisotopic (exact) mass is 338 g/mol. The van der Waals surface area contributed by atoms with Crippen LogP contribution in [0.5, 0.6) is 5.75 Å². The molecule has 0 unspecified atom stereocenters. The summed E-state index contributed by atoms with van der Waals surface area (Å²) >= 11 is 0. The zero-order valence-electron chi connectivity index (χ0n) is 14.3. The second-order valence-electron chi connectivity index (χ2n) is 6.65. The van der Waals surface area contributed by atoms with Gasteiger partial charge in [-0.3, -0.25) is 0 Å². The molecule has 25 heavy (non-hydrogen) atoms. The van der Waals surface area contributed by atoms with Crippen LogP contribution >= 0.6 is 0 Å². The van der Waals surface area contributed by atoms with Crippen molar-refractivity contribution in [3.05, 3.63) is 48.3 Å². The van der Waals surface area contributed by atoms with Gasteiger partial charge in [0.1, 0.15) is 11.4 Å². The molecule has 6 heteroatoms. The van der Waals surface area contributed by atoms with Crippen LogP contribution in [-0.4, -0.2) is 45.9 Å². The lowest BCUT2D eigenvalue weighted by Gasteiger charge is -2.38. The van der Waals surface area contributed by atoms with Crippen LogP contribution in [0.1, 0.15) is 18.4 Å². The third-order valence-electron chi connectivity index (χ3n) is 4.98. The highest BCUT2D eigenvalue weighted by atomic mass is 16.5. The normalized spacial score (nSPS) is 17.0. The number of hydrogen-bond acceptors (Lipinski definition) is 5. The lowest BCUT2D eigenvalue weighted by Crippen LogP contribution is -2.46. The van der Waals surface area contributed by atoms with E-state index >= 15 is 0 Å². The first-order chi connectivity index (χ1) is 12.2. The fourth-order valence-electron chi connectivity index (χ4n) is 3.49. The van der Waals surface area contributed by atoms with Crippen LogP contribution in [0.3, 0.4) is 0 Å². The number of aliphatic hydroxyl groups is 1. The molecule has 0 radical (unpaired) electrons. The number of aromatic amines is 1. The number of methoxy groups -OCH3 is 1. The quantitative estimate of drug-likeness (QED) is 0.765. The Bertz CT molecular complexity index is 868. The van der Waals surface area contributed by atoms with Gasteiger partial charge in [-0.1, -0.05) is 18.2 Å². The first-order valence-corrected chi connectivity index (χ1v) is 8.56. The van der Waals surface area contributed by atoms with Gasteiger partial charge >= 0.3 is 0 Å². The van der Waals surface area contributed by atoms with Gasteiger partial charge in [0.2, 0.25) is 5.95 Å². The van der Waals surface area contributed by atoms with Crippen molar-refractivity contribution in [2.75, 3.05) is 25.1 Å². The second kappa shape index (κ2) is 6.37. The number of nitrogens with zero attached hydrogens (tertiary/aromatic N) is 3. The van der Waals surface area contributed by atoms with Gasteiger partial charge in [-0.25, -0.2) is 4.98 Å². The molecule has 1 aromatic carbocycles. The summed E-state index contributed by atoms with van der Waals surface area (Å²) in [4.78, 5) is 14.3. The highest BCUT2D eigenvalue weighted by Crippen LogP contribution is 2.31. The minimum atomic E-state index is -0.721. The van der Waals surface area contributed by atoms with Crippen molar-refractivity contribution in [1.82, 2.24) is 15.0 Å². The first kappa shape index (κ1) is 15.9. The molecule has 0 atom stereocenters. The van der Waals surface area contributed by atoms with E-state index in [1.807, 2.05) is 42.7 Å². The molecule has 2 N–H and O–H groups in total. The Labute approximate surface area is 146 Å². The maximum atomic E-state index is 11.0. The Morgan fingerprint density at radius 1 is 1.24 bits per heavy atom. The van der Waals surface area contributed by atoms with Crippen molar-refractivity contribution in [1.29, 1.82) is 0 Å². The van der Waals surface area contributed by atoms with Gasteiger partial charge in [0, 0.05) is 37.3 Å². The summed E-state index contributed by atoms with van der Waals surface area (Å²) in [5, 5.41) is 12.0. The third-order valence-corrected chi connectivity index (χ3v) is 4.98. The number of nitrogens with one attached hydrogen (secondary N) is 1. The number of piperidine rings is 1. The fraction of sp³-hybridized carbons (Fsp3) is 0.368. The number of hydrogen-bond donors (Lipinski definition) is 2. The highest BCUT2D eigenvalue weighted by Gasteiger charge is 2.34. The summed E-state index contributed by atoms with van der Waals surface area (Å²) in [5.74, 6) is 1.55. The maximum absolute atomic E-state index is 11.0. The number of fused-ring (bicyclic) bond motifs is 1. The highest BCUT2D eigenvalue weighted by molar-refractivity contribution is 5.75. The number of rotatable bonds is 4. The van der Waals surface area contributed by atoms with E-state index in [1.165, 1.54) is 0 Å². The Kier molecular flexibility index (Phi) is 4.05. The molecule has 1 aliphatic heterocycles. The average molecular weight is 338 g/mol. The lowest BCUT2D eigenvalue weighted by atomic mass is 9.85. The SMILES string of the molecule is COc1ccccc1CC1(O)CCN(c2ncc3cc[nH]c3n2)CC1. The minimum Gasteiger partial charge on any atom is -0.496 e. The number of aromatic nitrogens is 3. The first-order valence-electron chi connectivity index (χ1n) is 8.56. The molecule has 1 saturated heterocycles. The Morgan fingerprint density at radius 3 is 2.84 bits per heavy atom. The molecule has 0 spiro atoms. The smallest absolute Gasteiger partial charge is 0.227 e. The molecule has 6 nitrogen and oxygen atoms in total. The van der Waals surface area contributed by atoms with Gasteiger partial charge in [-0.15, -0.1) is 0 Å². The summed E-state index contributed by atoms with van der Waals surface area (Å²) in [7, 11) is 1.67. The van der Waals surface area contributed by atoms with Crippen molar-refractivity contribution in [2.24, 2.45) is 0 Å². The molecule has 3 aromatic rings. The average Bonchev–Trinajstić information content (AvgIpc) is 3.10. The van der Waals surface area contributed by atoms with E-state index in [9.17, 15) is 5.11 Å². The van der Waals surface area contributed by atoms with E-state index < -0.39 is 5.60 Å². The topological polar surface area (TPSA) is 74.3 Å². The van der Waals surface area contributed by atoms with E-state index in [1.54, 1.807) is 7.11 Å². The van der Waals surface area contributed by atoms with Crippen LogP contribution in [0.15, 0.2) is 42.7 Å². The molecule has 4 rings (SSSR count). The van der Waals surface area contributed by atoms with Gasteiger partial charge in [0.25, 0.3) is 0 Å². The predicted molar refractivity (Wildman–Crippen MR) is 97.0 cm³/mol. The van der Waals surface area contributed by atoms with E-state index in [0.29, 0.717) is 25.2 Å². The van der Waals surface area contributed by atoms with Crippen molar-refractivity contribution in [2.45, 2.75) is 24.9 Å². The Balaban J connectivity index is 1.46. The van der Waals surface area contributed by atoms with Gasteiger partial charge in [-0.2, -0.15) is 4.98 Å². The van der Waals surface area contributed by atoms with Gasteiger partial charge in [-0.05, 0) is 30.5 Å². The molecule has 130 valence electrons. The van der Waals surface area contributed by atoms with Crippen LogP contribution in [0.25, 0.3) is 11.0 Å². The molecule has 1 aliphatic rings. The summed E-state index contributed by atoms with van der Waals surface area (Å²) in [6, 6.07) is 9.85. The summed E-state index contributed by atoms with van der Waals surface area (Å²) in [5.41, 5.74) is 1.17. The zero-order valence-corrected chi connectivity index (χ0v) is 14.3. The predicted octanol–water partition coefficient (Wildman–Crippen LogP) is 2.54. The molecule has 0 amide bonds. The maximum Gasteiger partial charge on any atom is 0.227 e. The molecule has 2 aromatic heterocycles. The van der Waals surface area contributed by atoms with Crippen molar-refractivity contribution < 1.29 is 9.84 Å². The number of anilines is 1. The van der Waals surface area contributed by atoms with Crippen LogP contribution < -0.4 is 9.64 Å². The standard InChI is InChI=1S/C19H22N4O2/c1-25-16-5-3-2-4-14(16)12-19(24)7-10-23(11-8-19)18-21-13-15-6-9-20-17(15)22-18/h2-6,9,13,24H,7-8,10-12H2,1H3,(H,20,21,22). The lowest BCUT2D eigenvalue weighted by molar-refractivity contribution is 0.0158. The molecule has 0 aliphatic carbocycles. The molecular formula is C19H22N4O2. The fourth-order valence-corrected chi connectivity index (χ4v) is 3.49. The molecule has 0 saturated carbocycles. The largest absolute Gasteiger partial charge is 0.496 e. The molecular weight excluding hydrogens is 316 g/mol. The van der Waals surface area contributed by atoms with Gasteiger partial charge < -0.3 is 19.7 Å². The Morgan fingerprint density at radius 2 is 2.04 bits per heavy atom. The number of para-hydroxylation sites is 1. The molecule has 1 fully saturated rings. The van der Waals surface area contributed by atoms with E-state index in [-0.39, 0.29) is 0 Å². The second-order valence-corrected chi connectivity index (χ2v) is 6.65. The van der Waals surface area contributed by atoms with Crippen LogP contribution in [0.2, 0.25) is 0 Å². The summed E-state index contributed by atoms with van der Waals surface area (Å²) in [6.07, 6.45) is 5.66. The third kappa shape index (κ3) is 3.17. The van der Waals surface area contributed by atoms with E-state index in [4.69, 9.17) is 4.74 Å². The van der Waals surface area contributed by atoms with Crippen molar-refractivity contribution >= 4 is 17.0 Å². The van der Waals surface area contributed by atoms with Crippen LogP contribution in [0.4, 0.5) is 5.95 Å². The zero-order chi connectivity index (χ0) is 17.3. The molecule has 3 heterocycles. The summed E-state index contributed by atoms with van der Waals surface area (Å²) in [6.45, 7) is 1.47. The van der Waals surface area contributed by atoms with Crippen LogP contribution in [0, 0.1) is 0 Å². The van der Waals surface area contributed by atoms with Crippen molar-refractivity contribution in [3.8, 4) is 5.75 Å². The number of H-pyrrole nitrogens is 1. The van der Waals surface area contributed by atoms with Crippen LogP contribution in [-0.2, 0) is 6.42 Å². The van der Waals surface area contributed by atoms with Crippen molar-refractivity contribution in [3.63, 3.8) is 0 Å². The Hall–Kier alpha value is -2.60. The van der Waals surface area contributed by atoms with Gasteiger partial charge in [0.15, 0.2) is 0 Å². The molecule has 0 bridgehead atoms. The van der Waals surface area contributed by atoms with E-state index in [0.717, 1.165) is 35.4 Å². The van der Waals surface area contributed by atoms with Gasteiger partial charge in [0.05, 0.1) is 12.7 Å². The van der Waals surface area contributed by atoms with E-state index in [2.05, 4.69) is 19.9 Å². The number of benzene rings is 1. The number of ether oxygens (including phenoxy) is 1. The summed E-state index contributed by atoms with van der Waals surface area (Å²) < 4.78 is 5.41.